The molecule has 8 nitrogen and oxygen atoms in total. The van der Waals surface area contributed by atoms with E-state index in [0.29, 0.717) is 19.1 Å². The van der Waals surface area contributed by atoms with E-state index in [0.717, 1.165) is 19.2 Å². The molecule has 1 saturated heterocycles. The minimum absolute atomic E-state index is 0.122. The van der Waals surface area contributed by atoms with E-state index in [1.54, 1.807) is 0 Å². The molecule has 1 unspecified atom stereocenters. The zero-order valence-corrected chi connectivity index (χ0v) is 16.0. The number of hydrogen-bond donors (Lipinski definition) is 2. The van der Waals surface area contributed by atoms with Crippen LogP contribution >= 0.6 is 0 Å². The number of nitrogens with two attached hydrogens (primary N) is 1. The van der Waals surface area contributed by atoms with Crippen LogP contribution in [0.2, 0.25) is 0 Å². The Hall–Kier alpha value is -1.04. The molecule has 2 rings (SSSR count). The van der Waals surface area contributed by atoms with Gasteiger partial charge in [0.25, 0.3) is 0 Å². The summed E-state index contributed by atoms with van der Waals surface area (Å²) in [5.41, 5.74) is 0. The highest BCUT2D eigenvalue weighted by molar-refractivity contribution is 7.90. The molecule has 0 aliphatic carbocycles. The van der Waals surface area contributed by atoms with Gasteiger partial charge in [-0.1, -0.05) is 19.9 Å². The maximum Gasteiger partial charge on any atom is 0.240 e. The number of primary sulfonamides is 1. The summed E-state index contributed by atoms with van der Waals surface area (Å²) in [7, 11) is -7.81. The second kappa shape index (κ2) is 8.11. The highest BCUT2D eigenvalue weighted by atomic mass is 32.2. The lowest BCUT2D eigenvalue weighted by Gasteiger charge is -2.33. The van der Waals surface area contributed by atoms with Crippen molar-refractivity contribution >= 4 is 20.0 Å². The maximum atomic E-state index is 12.4. The average Bonchev–Trinajstić information content (AvgIpc) is 2.52. The van der Waals surface area contributed by atoms with E-state index in [9.17, 15) is 16.8 Å². The second-order valence-electron chi connectivity index (χ2n) is 6.52. The summed E-state index contributed by atoms with van der Waals surface area (Å²) in [6.45, 7) is 7.35. The molecule has 0 amide bonds. The summed E-state index contributed by atoms with van der Waals surface area (Å²) < 4.78 is 55.6. The van der Waals surface area contributed by atoms with Gasteiger partial charge in [-0.3, -0.25) is 4.90 Å². The minimum atomic E-state index is -3.96. The van der Waals surface area contributed by atoms with Gasteiger partial charge >= 0.3 is 0 Å². The van der Waals surface area contributed by atoms with Crippen LogP contribution in [0.1, 0.15) is 13.8 Å². The van der Waals surface area contributed by atoms with Crippen molar-refractivity contribution in [3.05, 3.63) is 24.3 Å². The first-order valence-electron chi connectivity index (χ1n) is 8.04. The third-order valence-corrected chi connectivity index (χ3v) is 6.12. The number of sulfonamides is 2. The third-order valence-electron chi connectivity index (χ3n) is 3.79. The molecule has 3 N–H and O–H groups in total. The molecule has 10 heteroatoms. The number of nitrogens with one attached hydrogen (secondary N) is 1. The SMILES string of the molecule is CC(C)CN1CCOC(CNS(=O)(=O)c2cccc(S(N)(=O)=O)c2)C1. The van der Waals surface area contributed by atoms with Crippen LogP contribution in [0.3, 0.4) is 0 Å². The average molecular weight is 392 g/mol. The van der Waals surface area contributed by atoms with Gasteiger partial charge in [0.2, 0.25) is 20.0 Å². The lowest BCUT2D eigenvalue weighted by atomic mass is 10.2. The predicted molar refractivity (Wildman–Crippen MR) is 94.0 cm³/mol. The summed E-state index contributed by atoms with van der Waals surface area (Å²) in [4.78, 5) is 1.86. The smallest absolute Gasteiger partial charge is 0.240 e. The van der Waals surface area contributed by atoms with Crippen molar-refractivity contribution < 1.29 is 21.6 Å². The Morgan fingerprint density at radius 2 is 1.96 bits per heavy atom. The number of rotatable bonds is 7. The van der Waals surface area contributed by atoms with Crippen LogP contribution in [0.5, 0.6) is 0 Å². The van der Waals surface area contributed by atoms with Crippen molar-refractivity contribution in [1.82, 2.24) is 9.62 Å². The highest BCUT2D eigenvalue weighted by Crippen LogP contribution is 2.15. The van der Waals surface area contributed by atoms with Crippen molar-refractivity contribution in [1.29, 1.82) is 0 Å². The lowest BCUT2D eigenvalue weighted by molar-refractivity contribution is -0.0280. The molecule has 1 aliphatic rings. The van der Waals surface area contributed by atoms with Gasteiger partial charge in [0.05, 0.1) is 22.5 Å². The molecule has 0 saturated carbocycles. The molecule has 0 aromatic heterocycles. The Balaban J connectivity index is 2.02. The summed E-state index contributed by atoms with van der Waals surface area (Å²) in [5, 5.41) is 5.05. The quantitative estimate of drug-likeness (QED) is 0.674. The molecule has 1 aromatic rings. The fourth-order valence-corrected chi connectivity index (χ4v) is 4.44. The van der Waals surface area contributed by atoms with Gasteiger partial charge in [-0.25, -0.2) is 26.7 Å². The first kappa shape index (κ1) is 20.3. The van der Waals surface area contributed by atoms with Gasteiger partial charge in [0.15, 0.2) is 0 Å². The molecule has 1 aliphatic heterocycles. The van der Waals surface area contributed by atoms with Gasteiger partial charge in [-0.2, -0.15) is 0 Å². The van der Waals surface area contributed by atoms with Crippen molar-refractivity contribution in [2.45, 2.75) is 29.7 Å². The van der Waals surface area contributed by atoms with Crippen molar-refractivity contribution in [3.63, 3.8) is 0 Å². The van der Waals surface area contributed by atoms with E-state index in [1.165, 1.54) is 18.2 Å². The maximum absolute atomic E-state index is 12.4. The molecule has 0 bridgehead atoms. The number of hydrogen-bond acceptors (Lipinski definition) is 6. The van der Waals surface area contributed by atoms with E-state index in [2.05, 4.69) is 23.5 Å². The van der Waals surface area contributed by atoms with Crippen LogP contribution in [0.25, 0.3) is 0 Å². The van der Waals surface area contributed by atoms with Crippen LogP contribution in [0.4, 0.5) is 0 Å². The zero-order chi connectivity index (χ0) is 18.7. The van der Waals surface area contributed by atoms with Gasteiger partial charge in [0.1, 0.15) is 0 Å². The molecule has 0 spiro atoms. The van der Waals surface area contributed by atoms with E-state index in [-0.39, 0.29) is 22.4 Å². The van der Waals surface area contributed by atoms with E-state index in [4.69, 9.17) is 9.88 Å². The molecular weight excluding hydrogens is 366 g/mol. The Bertz CT molecular complexity index is 793. The molecule has 1 aromatic carbocycles. The Morgan fingerprint density at radius 3 is 2.60 bits per heavy atom. The van der Waals surface area contributed by atoms with Crippen molar-refractivity contribution in [3.8, 4) is 0 Å². The Kier molecular flexibility index (Phi) is 6.57. The van der Waals surface area contributed by atoms with Gasteiger partial charge < -0.3 is 4.74 Å². The summed E-state index contributed by atoms with van der Waals surface area (Å²) in [6, 6.07) is 4.96. The van der Waals surface area contributed by atoms with Crippen LogP contribution in [0, 0.1) is 5.92 Å². The van der Waals surface area contributed by atoms with E-state index >= 15 is 0 Å². The summed E-state index contributed by atoms with van der Waals surface area (Å²) in [5.74, 6) is 0.524. The number of ether oxygens (including phenoxy) is 1. The van der Waals surface area contributed by atoms with Gasteiger partial charge in [-0.05, 0) is 24.1 Å². The van der Waals surface area contributed by atoms with Crippen molar-refractivity contribution in [2.75, 3.05) is 32.8 Å². The summed E-state index contributed by atoms with van der Waals surface area (Å²) in [6.07, 6.45) is -0.247. The molecule has 0 radical (unpaired) electrons. The largest absolute Gasteiger partial charge is 0.374 e. The van der Waals surface area contributed by atoms with E-state index in [1.807, 2.05) is 0 Å². The van der Waals surface area contributed by atoms with Crippen LogP contribution < -0.4 is 9.86 Å². The van der Waals surface area contributed by atoms with Gasteiger partial charge in [-0.15, -0.1) is 0 Å². The zero-order valence-electron chi connectivity index (χ0n) is 14.4. The second-order valence-corrected chi connectivity index (χ2v) is 9.85. The molecule has 1 heterocycles. The monoisotopic (exact) mass is 391 g/mol. The summed E-state index contributed by atoms with van der Waals surface area (Å²) >= 11 is 0. The number of nitrogens with zero attached hydrogens (tertiary/aromatic N) is 1. The Labute approximate surface area is 149 Å². The normalized spacial score (nSPS) is 20.1. The minimum Gasteiger partial charge on any atom is -0.374 e. The van der Waals surface area contributed by atoms with Crippen LogP contribution in [-0.2, 0) is 24.8 Å². The third kappa shape index (κ3) is 6.01. The van der Waals surface area contributed by atoms with Crippen molar-refractivity contribution in [2.24, 2.45) is 11.1 Å². The molecule has 25 heavy (non-hydrogen) atoms. The highest BCUT2D eigenvalue weighted by Gasteiger charge is 2.24. The molecule has 142 valence electrons. The number of morpholine rings is 1. The van der Waals surface area contributed by atoms with E-state index < -0.39 is 20.0 Å². The first-order chi connectivity index (χ1) is 11.6. The molecule has 1 fully saturated rings. The standard InChI is InChI=1S/C15H25N3O5S2/c1-12(2)10-18-6-7-23-13(11-18)9-17-25(21,22)15-5-3-4-14(8-15)24(16,19)20/h3-5,8,12-13,17H,6-7,9-11H2,1-2H3,(H2,16,19,20). The topological polar surface area (TPSA) is 119 Å². The van der Waals surface area contributed by atoms with Crippen LogP contribution in [-0.4, -0.2) is 60.6 Å². The fourth-order valence-electron chi connectivity index (χ4n) is 2.69. The molecular formula is C15H25N3O5S2. The van der Waals surface area contributed by atoms with Gasteiger partial charge in [0, 0.05) is 26.2 Å². The number of benzene rings is 1. The predicted octanol–water partition coefficient (Wildman–Crippen LogP) is -0.0309. The first-order valence-corrected chi connectivity index (χ1v) is 11.1. The lowest BCUT2D eigenvalue weighted by Crippen LogP contribution is -2.48. The Morgan fingerprint density at radius 1 is 1.28 bits per heavy atom. The molecule has 1 atom stereocenters. The van der Waals surface area contributed by atoms with Crippen LogP contribution in [0.15, 0.2) is 34.1 Å². The fraction of sp³-hybridized carbons (Fsp3) is 0.600.